The van der Waals surface area contributed by atoms with Crippen LogP contribution < -0.4 is 0 Å². The summed E-state index contributed by atoms with van der Waals surface area (Å²) in [7, 11) is 0. The molecule has 0 aliphatic heterocycles. The van der Waals surface area contributed by atoms with E-state index in [1.807, 2.05) is 72.8 Å². The average Bonchev–Trinajstić information content (AvgIpc) is 3.96. The number of benzene rings is 8. The number of aromatic nitrogens is 4. The number of rotatable bonds is 5. The Morgan fingerprint density at radius 3 is 1.82 bits per heavy atom. The zero-order chi connectivity index (χ0) is 37.5. The van der Waals surface area contributed by atoms with E-state index >= 15 is 0 Å². The van der Waals surface area contributed by atoms with Crippen LogP contribution in [0.15, 0.2) is 191 Å². The van der Waals surface area contributed by atoms with Crippen LogP contribution in [0.2, 0.25) is 0 Å². The lowest BCUT2D eigenvalue weighted by Crippen LogP contribution is -2.00. The van der Waals surface area contributed by atoms with E-state index < -0.39 is 0 Å². The van der Waals surface area contributed by atoms with Crippen LogP contribution in [-0.2, 0) is 0 Å². The van der Waals surface area contributed by atoms with Gasteiger partial charge in [-0.05, 0) is 65.7 Å². The molecule has 12 rings (SSSR count). The standard InChI is InChI=1S/C51H30N4O2/c1-2-13-31(14-3-1)49-52-50(54-51(53-49)40-22-12-26-45-46(40)39-21-6-9-25-44(39)56-45)34-17-10-15-32(29-34)33-16-11-18-35(30-33)55-41-23-7-4-20-38(41)47-42(55)28-27-37-36-19-5-8-24-43(36)57-48(37)47/h1-30H. The van der Waals surface area contributed by atoms with Crippen molar-refractivity contribution in [2.24, 2.45) is 0 Å². The third kappa shape index (κ3) is 4.94. The monoisotopic (exact) mass is 730 g/mol. The van der Waals surface area contributed by atoms with Gasteiger partial charge in [-0.15, -0.1) is 0 Å². The summed E-state index contributed by atoms with van der Waals surface area (Å²) >= 11 is 0. The van der Waals surface area contributed by atoms with Crippen molar-refractivity contribution < 1.29 is 8.83 Å². The molecule has 57 heavy (non-hydrogen) atoms. The van der Waals surface area contributed by atoms with Gasteiger partial charge < -0.3 is 13.4 Å². The fraction of sp³-hybridized carbons (Fsp3) is 0. The molecule has 0 aliphatic carbocycles. The average molecular weight is 731 g/mol. The van der Waals surface area contributed by atoms with E-state index in [4.69, 9.17) is 23.8 Å². The third-order valence-electron chi connectivity index (χ3n) is 11.0. The predicted molar refractivity (Wildman–Crippen MR) is 230 cm³/mol. The molecule has 8 aromatic carbocycles. The van der Waals surface area contributed by atoms with Crippen molar-refractivity contribution in [2.45, 2.75) is 0 Å². The lowest BCUT2D eigenvalue weighted by molar-refractivity contribution is 0.669. The summed E-state index contributed by atoms with van der Waals surface area (Å²) in [5.41, 5.74) is 11.6. The molecule has 0 spiro atoms. The van der Waals surface area contributed by atoms with Crippen LogP contribution in [0.4, 0.5) is 0 Å². The minimum atomic E-state index is 0.591. The Balaban J connectivity index is 1.01. The third-order valence-corrected chi connectivity index (χ3v) is 11.0. The molecule has 6 heteroatoms. The van der Waals surface area contributed by atoms with Gasteiger partial charge in [-0.3, -0.25) is 0 Å². The topological polar surface area (TPSA) is 69.9 Å². The molecule has 0 aliphatic rings. The van der Waals surface area contributed by atoms with E-state index in [0.29, 0.717) is 17.5 Å². The van der Waals surface area contributed by atoms with Crippen LogP contribution in [-0.4, -0.2) is 19.5 Å². The van der Waals surface area contributed by atoms with E-state index in [0.717, 1.165) is 99.2 Å². The molecule has 6 nitrogen and oxygen atoms in total. The second kappa shape index (κ2) is 12.3. The molecule has 0 bridgehead atoms. The SMILES string of the molecule is c1ccc(-c2nc(-c3cccc(-c4cccc(-n5c6ccccc6c6c7oc8ccccc8c7ccc65)c4)c3)nc(-c3cccc4oc5ccccc5c34)n2)cc1. The number of nitrogens with zero attached hydrogens (tertiary/aromatic N) is 4. The highest BCUT2D eigenvalue weighted by atomic mass is 16.3. The summed E-state index contributed by atoms with van der Waals surface area (Å²) in [5, 5.41) is 6.54. The molecule has 266 valence electrons. The molecular weight excluding hydrogens is 701 g/mol. The van der Waals surface area contributed by atoms with E-state index in [-0.39, 0.29) is 0 Å². The molecular formula is C51H30N4O2. The van der Waals surface area contributed by atoms with Gasteiger partial charge in [0, 0.05) is 49.3 Å². The lowest BCUT2D eigenvalue weighted by Gasteiger charge is -2.12. The molecule has 4 heterocycles. The van der Waals surface area contributed by atoms with Crippen molar-refractivity contribution in [1.82, 2.24) is 19.5 Å². The maximum absolute atomic E-state index is 6.55. The van der Waals surface area contributed by atoms with Crippen LogP contribution in [0.3, 0.4) is 0 Å². The van der Waals surface area contributed by atoms with E-state index in [9.17, 15) is 0 Å². The van der Waals surface area contributed by atoms with Gasteiger partial charge in [0.05, 0.1) is 16.4 Å². The van der Waals surface area contributed by atoms with Gasteiger partial charge in [-0.2, -0.15) is 0 Å². The van der Waals surface area contributed by atoms with Gasteiger partial charge >= 0.3 is 0 Å². The predicted octanol–water partition coefficient (Wildman–Crippen LogP) is 13.4. The van der Waals surface area contributed by atoms with Crippen molar-refractivity contribution >= 4 is 65.7 Å². The first-order chi connectivity index (χ1) is 28.2. The smallest absolute Gasteiger partial charge is 0.164 e. The Morgan fingerprint density at radius 2 is 0.965 bits per heavy atom. The second-order valence-electron chi connectivity index (χ2n) is 14.4. The molecule has 0 fully saturated rings. The zero-order valence-corrected chi connectivity index (χ0v) is 30.4. The Labute approximate surface area is 325 Å². The van der Waals surface area contributed by atoms with Crippen LogP contribution in [0.5, 0.6) is 0 Å². The molecule has 4 aromatic heterocycles. The van der Waals surface area contributed by atoms with Gasteiger partial charge in [-0.25, -0.2) is 15.0 Å². The number of furan rings is 2. The number of fused-ring (bicyclic) bond motifs is 10. The molecule has 12 aromatic rings. The fourth-order valence-corrected chi connectivity index (χ4v) is 8.48. The Kier molecular flexibility index (Phi) is 6.83. The highest BCUT2D eigenvalue weighted by molar-refractivity contribution is 6.23. The van der Waals surface area contributed by atoms with E-state index in [2.05, 4.69) is 114 Å². The normalized spacial score (nSPS) is 11.9. The molecule has 0 atom stereocenters. The molecule has 0 saturated carbocycles. The lowest BCUT2D eigenvalue weighted by atomic mass is 10.0. The maximum Gasteiger partial charge on any atom is 0.164 e. The largest absolute Gasteiger partial charge is 0.456 e. The van der Waals surface area contributed by atoms with Crippen molar-refractivity contribution in [3.8, 4) is 51.0 Å². The summed E-state index contributed by atoms with van der Waals surface area (Å²) in [5.74, 6) is 1.80. The number of hydrogen-bond acceptors (Lipinski definition) is 5. The van der Waals surface area contributed by atoms with Gasteiger partial charge in [0.15, 0.2) is 17.5 Å². The van der Waals surface area contributed by atoms with Crippen molar-refractivity contribution in [3.05, 3.63) is 182 Å². The first-order valence-electron chi connectivity index (χ1n) is 19.0. The highest BCUT2D eigenvalue weighted by Crippen LogP contribution is 2.41. The van der Waals surface area contributed by atoms with Crippen molar-refractivity contribution in [1.29, 1.82) is 0 Å². The molecule has 0 amide bonds. The second-order valence-corrected chi connectivity index (χ2v) is 14.4. The first kappa shape index (κ1) is 31.5. The van der Waals surface area contributed by atoms with Gasteiger partial charge in [0.1, 0.15) is 22.3 Å². The zero-order valence-electron chi connectivity index (χ0n) is 30.4. The first-order valence-corrected chi connectivity index (χ1v) is 19.0. The summed E-state index contributed by atoms with van der Waals surface area (Å²) < 4.78 is 15.1. The van der Waals surface area contributed by atoms with E-state index in [1.54, 1.807) is 0 Å². The minimum Gasteiger partial charge on any atom is -0.456 e. The quantitative estimate of drug-likeness (QED) is 0.176. The van der Waals surface area contributed by atoms with Gasteiger partial charge in [-0.1, -0.05) is 127 Å². The summed E-state index contributed by atoms with van der Waals surface area (Å²) in [6.07, 6.45) is 0. The van der Waals surface area contributed by atoms with Gasteiger partial charge in [0.2, 0.25) is 0 Å². The Hall–Kier alpha value is -7.83. The number of para-hydroxylation sites is 3. The molecule has 0 unspecified atom stereocenters. The van der Waals surface area contributed by atoms with Gasteiger partial charge in [0.25, 0.3) is 0 Å². The number of hydrogen-bond donors (Lipinski definition) is 0. The van der Waals surface area contributed by atoms with Crippen LogP contribution in [0.1, 0.15) is 0 Å². The van der Waals surface area contributed by atoms with Crippen LogP contribution >= 0.6 is 0 Å². The van der Waals surface area contributed by atoms with E-state index in [1.165, 1.54) is 0 Å². The fourth-order valence-electron chi connectivity index (χ4n) is 8.48. The Bertz CT molecular complexity index is 3540. The summed E-state index contributed by atoms with van der Waals surface area (Å²) in [6.45, 7) is 0. The summed E-state index contributed by atoms with van der Waals surface area (Å²) in [6, 6.07) is 62.7. The van der Waals surface area contributed by atoms with Crippen LogP contribution in [0.25, 0.3) is 117 Å². The van der Waals surface area contributed by atoms with Crippen molar-refractivity contribution in [3.63, 3.8) is 0 Å². The Morgan fingerprint density at radius 1 is 0.351 bits per heavy atom. The molecule has 0 radical (unpaired) electrons. The highest BCUT2D eigenvalue weighted by Gasteiger charge is 2.20. The van der Waals surface area contributed by atoms with Crippen molar-refractivity contribution in [2.75, 3.05) is 0 Å². The minimum absolute atomic E-state index is 0.591. The maximum atomic E-state index is 6.55. The van der Waals surface area contributed by atoms with Crippen LogP contribution in [0, 0.1) is 0 Å². The molecule has 0 saturated heterocycles. The molecule has 0 N–H and O–H groups in total. The summed E-state index contributed by atoms with van der Waals surface area (Å²) in [4.78, 5) is 15.3.